The van der Waals surface area contributed by atoms with Crippen molar-refractivity contribution in [2.75, 3.05) is 6.54 Å². The minimum atomic E-state index is -0.219. The van der Waals surface area contributed by atoms with Gasteiger partial charge in [-0.25, -0.2) is 4.98 Å². The predicted molar refractivity (Wildman–Crippen MR) is 122 cm³/mol. The second-order valence-electron chi connectivity index (χ2n) is 8.76. The molecule has 29 heavy (non-hydrogen) atoms. The summed E-state index contributed by atoms with van der Waals surface area (Å²) in [5, 5.41) is 7.22. The maximum absolute atomic E-state index is 12.7. The van der Waals surface area contributed by atoms with E-state index in [9.17, 15) is 9.59 Å². The molecule has 6 nitrogen and oxygen atoms in total. The van der Waals surface area contributed by atoms with Crippen LogP contribution < -0.4 is 16.2 Å². The first-order valence-electron chi connectivity index (χ1n) is 9.64. The number of nitrogens with zero attached hydrogens (tertiary/aromatic N) is 2. The van der Waals surface area contributed by atoms with Crippen LogP contribution in [-0.4, -0.2) is 33.1 Å². The Balaban J connectivity index is 0.00000210. The van der Waals surface area contributed by atoms with E-state index in [0.717, 1.165) is 11.9 Å². The van der Waals surface area contributed by atoms with Crippen LogP contribution in [0.1, 0.15) is 46.4 Å². The number of aryl methyl sites for hydroxylation is 1. The van der Waals surface area contributed by atoms with Crippen molar-refractivity contribution in [2.24, 2.45) is 5.92 Å². The van der Waals surface area contributed by atoms with E-state index < -0.39 is 0 Å². The topological polar surface area (TPSA) is 76.0 Å². The van der Waals surface area contributed by atoms with Crippen molar-refractivity contribution >= 4 is 41.6 Å². The van der Waals surface area contributed by atoms with Crippen LogP contribution in [0.25, 0.3) is 10.9 Å². The van der Waals surface area contributed by atoms with Gasteiger partial charge in [-0.3, -0.25) is 14.2 Å². The first kappa shape index (κ1) is 25.4. The fraction of sp³-hybridized carbons (Fsp3) is 0.571. The molecule has 1 aliphatic rings. The lowest BCUT2D eigenvalue weighted by atomic mass is 9.86. The van der Waals surface area contributed by atoms with Crippen LogP contribution in [-0.2, 0) is 11.3 Å². The highest BCUT2D eigenvalue weighted by atomic mass is 35.5. The Morgan fingerprint density at radius 2 is 1.90 bits per heavy atom. The highest BCUT2D eigenvalue weighted by molar-refractivity contribution is 5.85. The average Bonchev–Trinajstić information content (AvgIpc) is 2.81. The van der Waals surface area contributed by atoms with Crippen LogP contribution in [0, 0.1) is 12.8 Å². The number of carbonyl (C=O) groups is 1. The summed E-state index contributed by atoms with van der Waals surface area (Å²) in [7, 11) is 0. The average molecular weight is 443 g/mol. The van der Waals surface area contributed by atoms with Gasteiger partial charge in [-0.05, 0) is 59.6 Å². The number of rotatable bonds is 5. The molecule has 0 radical (unpaired) electrons. The molecule has 0 bridgehead atoms. The maximum atomic E-state index is 12.7. The normalized spacial score (nSPS) is 19.3. The molecule has 1 unspecified atom stereocenters. The Hall–Kier alpha value is -1.63. The molecule has 1 aromatic heterocycles. The van der Waals surface area contributed by atoms with Crippen LogP contribution in [0.3, 0.4) is 0 Å². The van der Waals surface area contributed by atoms with Gasteiger partial charge in [0.05, 0.1) is 16.8 Å². The zero-order chi connectivity index (χ0) is 19.8. The van der Waals surface area contributed by atoms with Gasteiger partial charge in [0.25, 0.3) is 5.56 Å². The molecule has 2 N–H and O–H groups in total. The molecule has 2 aromatic rings. The van der Waals surface area contributed by atoms with Crippen LogP contribution in [0.5, 0.6) is 0 Å². The van der Waals surface area contributed by atoms with Crippen LogP contribution in [0.2, 0.25) is 0 Å². The van der Waals surface area contributed by atoms with Gasteiger partial charge >= 0.3 is 0 Å². The van der Waals surface area contributed by atoms with E-state index in [4.69, 9.17) is 0 Å². The molecule has 1 aliphatic heterocycles. The molecule has 8 heteroatoms. The number of aromatic nitrogens is 2. The third-order valence-corrected chi connectivity index (χ3v) is 5.47. The van der Waals surface area contributed by atoms with Crippen molar-refractivity contribution in [3.63, 3.8) is 0 Å². The number of carbonyl (C=O) groups excluding carboxylic acids is 1. The zero-order valence-corrected chi connectivity index (χ0v) is 19.4. The number of para-hydroxylation sites is 1. The van der Waals surface area contributed by atoms with Gasteiger partial charge < -0.3 is 10.6 Å². The van der Waals surface area contributed by atoms with Gasteiger partial charge in [-0.1, -0.05) is 12.1 Å². The van der Waals surface area contributed by atoms with Gasteiger partial charge in [0.1, 0.15) is 5.82 Å². The van der Waals surface area contributed by atoms with Gasteiger partial charge in [0.2, 0.25) is 5.91 Å². The first-order chi connectivity index (χ1) is 12.6. The monoisotopic (exact) mass is 442 g/mol. The largest absolute Gasteiger partial charge is 0.356 e. The summed E-state index contributed by atoms with van der Waals surface area (Å²) in [6.45, 7) is 11.4. The number of fused-ring (bicyclic) bond motifs is 1. The molecule has 3 rings (SSSR count). The minimum absolute atomic E-state index is 0. The fourth-order valence-electron chi connectivity index (χ4n) is 4.31. The molecule has 1 atom stereocenters. The summed E-state index contributed by atoms with van der Waals surface area (Å²) in [4.78, 5) is 29.8. The number of benzene rings is 1. The third-order valence-electron chi connectivity index (χ3n) is 5.47. The van der Waals surface area contributed by atoms with Crippen molar-refractivity contribution < 1.29 is 4.79 Å². The smallest absolute Gasteiger partial charge is 0.261 e. The Labute approximate surface area is 184 Å². The summed E-state index contributed by atoms with van der Waals surface area (Å²) in [6.07, 6.45) is 1.51. The van der Waals surface area contributed by atoms with Crippen molar-refractivity contribution in [1.82, 2.24) is 20.2 Å². The van der Waals surface area contributed by atoms with E-state index in [2.05, 4.69) is 43.3 Å². The number of nitrogens with one attached hydrogen (secondary N) is 2. The summed E-state index contributed by atoms with van der Waals surface area (Å²) in [5.74, 6) is 0.728. The molecule has 1 fully saturated rings. The zero-order valence-electron chi connectivity index (χ0n) is 17.7. The minimum Gasteiger partial charge on any atom is -0.356 e. The van der Waals surface area contributed by atoms with Crippen molar-refractivity contribution in [2.45, 2.75) is 65.1 Å². The number of amides is 1. The Kier molecular flexibility index (Phi) is 8.28. The van der Waals surface area contributed by atoms with E-state index in [1.165, 1.54) is 0 Å². The summed E-state index contributed by atoms with van der Waals surface area (Å²) in [6, 6.07) is 7.39. The van der Waals surface area contributed by atoms with E-state index in [1.54, 1.807) is 10.6 Å². The molecular formula is C21H32Cl2N4O2. The molecule has 0 spiro atoms. The lowest BCUT2D eigenvalue weighted by Crippen LogP contribution is -2.48. The number of halogens is 2. The summed E-state index contributed by atoms with van der Waals surface area (Å²) >= 11 is 0. The summed E-state index contributed by atoms with van der Waals surface area (Å²) < 4.78 is 1.69. The van der Waals surface area contributed by atoms with Crippen LogP contribution in [0.15, 0.2) is 29.1 Å². The molecule has 1 saturated heterocycles. The van der Waals surface area contributed by atoms with Gasteiger partial charge in [-0.2, -0.15) is 0 Å². The predicted octanol–water partition coefficient (Wildman–Crippen LogP) is 3.22. The Morgan fingerprint density at radius 1 is 1.24 bits per heavy atom. The van der Waals surface area contributed by atoms with Crippen molar-refractivity contribution in [1.29, 1.82) is 0 Å². The molecular weight excluding hydrogens is 411 g/mol. The highest BCUT2D eigenvalue weighted by Crippen LogP contribution is 2.35. The third kappa shape index (κ3) is 5.50. The summed E-state index contributed by atoms with van der Waals surface area (Å²) in [5.41, 5.74) is 0.450. The molecule has 162 valence electrons. The fourth-order valence-corrected chi connectivity index (χ4v) is 4.31. The molecule has 2 heterocycles. The first-order valence-corrected chi connectivity index (χ1v) is 9.64. The molecule has 0 aliphatic carbocycles. The standard InChI is InChI=1S/C21H30N4O2.2ClH/c1-14-23-17-10-7-6-9-15(17)19(27)25(14)12-8-11-22-18(26)16-13-20(2,3)24-21(16,4)5;;/h6-7,9-10,16,24H,8,11-13H2,1-5H3,(H,22,26);2*1H. The molecule has 1 amide bonds. The Morgan fingerprint density at radius 3 is 2.52 bits per heavy atom. The van der Waals surface area contributed by atoms with Gasteiger partial charge in [-0.15, -0.1) is 24.8 Å². The van der Waals surface area contributed by atoms with Crippen LogP contribution in [0.4, 0.5) is 0 Å². The van der Waals surface area contributed by atoms with E-state index in [0.29, 0.717) is 30.7 Å². The highest BCUT2D eigenvalue weighted by Gasteiger charge is 2.47. The number of hydrogen-bond donors (Lipinski definition) is 2. The Bertz CT molecular complexity index is 925. The van der Waals surface area contributed by atoms with Crippen molar-refractivity contribution in [3.05, 3.63) is 40.4 Å². The molecule has 1 aromatic carbocycles. The molecule has 0 saturated carbocycles. The van der Waals surface area contributed by atoms with Gasteiger partial charge in [0, 0.05) is 24.2 Å². The number of hydrogen-bond acceptors (Lipinski definition) is 4. The lowest BCUT2D eigenvalue weighted by molar-refractivity contribution is -0.126. The quantitative estimate of drug-likeness (QED) is 0.696. The van der Waals surface area contributed by atoms with Crippen molar-refractivity contribution in [3.8, 4) is 0 Å². The maximum Gasteiger partial charge on any atom is 0.261 e. The van der Waals surface area contributed by atoms with Gasteiger partial charge in [0.15, 0.2) is 0 Å². The van der Waals surface area contributed by atoms with E-state index >= 15 is 0 Å². The second-order valence-corrected chi connectivity index (χ2v) is 8.76. The SMILES string of the molecule is Cc1nc2ccccc2c(=O)n1CCCNC(=O)C1CC(C)(C)NC1(C)C.Cl.Cl. The van der Waals surface area contributed by atoms with E-state index in [1.807, 2.05) is 25.1 Å². The second kappa shape index (κ2) is 9.45. The van der Waals surface area contributed by atoms with E-state index in [-0.39, 0.29) is 53.3 Å². The van der Waals surface area contributed by atoms with Crippen LogP contribution >= 0.6 is 24.8 Å². The lowest BCUT2D eigenvalue weighted by Gasteiger charge is -2.27.